The van der Waals surface area contributed by atoms with E-state index in [0.717, 1.165) is 0 Å². The zero-order chi connectivity index (χ0) is 9.14. The molecular weight excluding hydrogens is 178 g/mol. The van der Waals surface area contributed by atoms with E-state index in [-0.39, 0.29) is 5.28 Å². The molecule has 1 heterocycles. The quantitative estimate of drug-likeness (QED) is 0.736. The van der Waals surface area contributed by atoms with Gasteiger partial charge in [0.1, 0.15) is 0 Å². The van der Waals surface area contributed by atoms with Gasteiger partial charge in [-0.25, -0.2) is 0 Å². The van der Waals surface area contributed by atoms with Crippen LogP contribution in [0.4, 0.5) is 11.9 Å². The smallest absolute Gasteiger partial charge is 0.230 e. The highest BCUT2D eigenvalue weighted by Crippen LogP contribution is 2.10. The van der Waals surface area contributed by atoms with Crippen molar-refractivity contribution in [3.63, 3.8) is 0 Å². The molecule has 0 aliphatic carbocycles. The summed E-state index contributed by atoms with van der Waals surface area (Å²) in [6.45, 7) is 0. The number of nitrogens with one attached hydrogen (secondary N) is 1. The summed E-state index contributed by atoms with van der Waals surface area (Å²) in [7, 11) is 5.40. The first-order valence-electron chi connectivity index (χ1n) is 3.40. The van der Waals surface area contributed by atoms with Gasteiger partial charge in [0.05, 0.1) is 0 Å². The van der Waals surface area contributed by atoms with Crippen molar-refractivity contribution in [1.29, 1.82) is 0 Å². The molecule has 0 aliphatic heterocycles. The van der Waals surface area contributed by atoms with Crippen LogP contribution in [-0.2, 0) is 0 Å². The fourth-order valence-corrected chi connectivity index (χ4v) is 0.807. The molecule has 1 aromatic heterocycles. The molecule has 12 heavy (non-hydrogen) atoms. The average molecular weight is 188 g/mol. The minimum atomic E-state index is 0.193. The SMILES string of the molecule is CNc1nc(Cl)nc(N(C)C)n1. The molecule has 0 fully saturated rings. The molecule has 0 unspecified atom stereocenters. The Bertz CT molecular complexity index is 275. The van der Waals surface area contributed by atoms with Crippen molar-refractivity contribution < 1.29 is 0 Å². The molecule has 0 saturated heterocycles. The van der Waals surface area contributed by atoms with Crippen molar-refractivity contribution in [3.8, 4) is 0 Å². The van der Waals surface area contributed by atoms with Gasteiger partial charge in [-0.05, 0) is 11.6 Å². The van der Waals surface area contributed by atoms with E-state index in [1.54, 1.807) is 11.9 Å². The summed E-state index contributed by atoms with van der Waals surface area (Å²) in [5, 5.41) is 2.98. The van der Waals surface area contributed by atoms with Crippen LogP contribution in [-0.4, -0.2) is 36.1 Å². The molecule has 1 N–H and O–H groups in total. The van der Waals surface area contributed by atoms with Gasteiger partial charge in [-0.3, -0.25) is 0 Å². The Kier molecular flexibility index (Phi) is 2.65. The highest BCUT2D eigenvalue weighted by molar-refractivity contribution is 6.28. The monoisotopic (exact) mass is 187 g/mol. The van der Waals surface area contributed by atoms with E-state index in [2.05, 4.69) is 20.3 Å². The van der Waals surface area contributed by atoms with Gasteiger partial charge in [0, 0.05) is 21.1 Å². The molecule has 0 saturated carbocycles. The predicted octanol–water partition coefficient (Wildman–Crippen LogP) is 0.633. The number of halogens is 1. The van der Waals surface area contributed by atoms with Crippen molar-refractivity contribution in [1.82, 2.24) is 15.0 Å². The third kappa shape index (κ3) is 1.94. The van der Waals surface area contributed by atoms with Crippen molar-refractivity contribution >= 4 is 23.5 Å². The Labute approximate surface area is 75.8 Å². The summed E-state index contributed by atoms with van der Waals surface area (Å²) in [5.74, 6) is 1.01. The van der Waals surface area contributed by atoms with E-state index in [9.17, 15) is 0 Å². The minimum Gasteiger partial charge on any atom is -0.357 e. The Hall–Kier alpha value is -1.10. The summed E-state index contributed by atoms with van der Waals surface area (Å²) in [5.41, 5.74) is 0. The van der Waals surface area contributed by atoms with E-state index >= 15 is 0 Å². The summed E-state index contributed by atoms with van der Waals surface area (Å²) in [6.07, 6.45) is 0. The lowest BCUT2D eigenvalue weighted by Crippen LogP contribution is -2.14. The average Bonchev–Trinajstić information content (AvgIpc) is 2.03. The van der Waals surface area contributed by atoms with Crippen LogP contribution in [0.25, 0.3) is 0 Å². The molecule has 6 heteroatoms. The van der Waals surface area contributed by atoms with Gasteiger partial charge < -0.3 is 10.2 Å². The predicted molar refractivity (Wildman–Crippen MR) is 48.7 cm³/mol. The molecule has 1 rings (SSSR count). The lowest BCUT2D eigenvalue weighted by Gasteiger charge is -2.10. The molecule has 0 radical (unpaired) electrons. The van der Waals surface area contributed by atoms with Crippen molar-refractivity contribution in [2.45, 2.75) is 0 Å². The molecule has 1 aromatic rings. The molecule has 0 aliphatic rings. The summed E-state index contributed by atoms with van der Waals surface area (Å²) in [6, 6.07) is 0. The van der Waals surface area contributed by atoms with Gasteiger partial charge >= 0.3 is 0 Å². The number of aromatic nitrogens is 3. The zero-order valence-corrected chi connectivity index (χ0v) is 7.92. The van der Waals surface area contributed by atoms with E-state index < -0.39 is 0 Å². The van der Waals surface area contributed by atoms with Crippen LogP contribution >= 0.6 is 11.6 Å². The van der Waals surface area contributed by atoms with Crippen molar-refractivity contribution in [2.24, 2.45) is 0 Å². The maximum absolute atomic E-state index is 5.64. The summed E-state index contributed by atoms with van der Waals surface area (Å²) < 4.78 is 0. The van der Waals surface area contributed by atoms with Crippen LogP contribution in [0.15, 0.2) is 0 Å². The summed E-state index contributed by atoms with van der Waals surface area (Å²) in [4.78, 5) is 13.6. The maximum Gasteiger partial charge on any atom is 0.230 e. The van der Waals surface area contributed by atoms with E-state index in [0.29, 0.717) is 11.9 Å². The van der Waals surface area contributed by atoms with Crippen molar-refractivity contribution in [2.75, 3.05) is 31.4 Å². The molecule has 0 spiro atoms. The normalized spacial score (nSPS) is 9.67. The fourth-order valence-electron chi connectivity index (χ4n) is 0.651. The topological polar surface area (TPSA) is 53.9 Å². The van der Waals surface area contributed by atoms with Crippen LogP contribution in [0, 0.1) is 0 Å². The van der Waals surface area contributed by atoms with E-state index in [4.69, 9.17) is 11.6 Å². The second-order valence-corrected chi connectivity index (χ2v) is 2.71. The number of anilines is 2. The minimum absolute atomic E-state index is 0.193. The number of rotatable bonds is 2. The van der Waals surface area contributed by atoms with Crippen LogP contribution < -0.4 is 10.2 Å². The lowest BCUT2D eigenvalue weighted by molar-refractivity contribution is 0.958. The third-order valence-electron chi connectivity index (χ3n) is 1.22. The molecule has 66 valence electrons. The Morgan fingerprint density at radius 3 is 2.42 bits per heavy atom. The van der Waals surface area contributed by atoms with Crippen LogP contribution in [0.3, 0.4) is 0 Å². The number of hydrogen-bond acceptors (Lipinski definition) is 5. The zero-order valence-electron chi connectivity index (χ0n) is 7.17. The molecule has 5 nitrogen and oxygen atoms in total. The second-order valence-electron chi connectivity index (χ2n) is 2.37. The Balaban J connectivity index is 3.06. The first-order chi connectivity index (χ1) is 5.63. The standard InChI is InChI=1S/C6H10ClN5/c1-8-5-9-4(7)10-6(11-5)12(2)3/h1-3H3,(H,8,9,10,11). The summed E-state index contributed by atoms with van der Waals surface area (Å²) >= 11 is 5.64. The lowest BCUT2D eigenvalue weighted by atomic mass is 10.8. The van der Waals surface area contributed by atoms with Gasteiger partial charge in [-0.2, -0.15) is 15.0 Å². The van der Waals surface area contributed by atoms with Gasteiger partial charge in [-0.1, -0.05) is 0 Å². The van der Waals surface area contributed by atoms with Crippen molar-refractivity contribution in [3.05, 3.63) is 5.28 Å². The number of nitrogens with zero attached hydrogens (tertiary/aromatic N) is 4. The second kappa shape index (κ2) is 3.53. The van der Waals surface area contributed by atoms with Gasteiger partial charge in [-0.15, -0.1) is 0 Å². The first-order valence-corrected chi connectivity index (χ1v) is 3.78. The molecule has 0 atom stereocenters. The first kappa shape index (κ1) is 8.99. The Morgan fingerprint density at radius 1 is 1.25 bits per heavy atom. The molecule has 0 amide bonds. The van der Waals surface area contributed by atoms with Gasteiger partial charge in [0.15, 0.2) is 0 Å². The van der Waals surface area contributed by atoms with Gasteiger partial charge in [0.25, 0.3) is 0 Å². The van der Waals surface area contributed by atoms with Crippen LogP contribution in [0.1, 0.15) is 0 Å². The van der Waals surface area contributed by atoms with Crippen LogP contribution in [0.2, 0.25) is 5.28 Å². The highest BCUT2D eigenvalue weighted by atomic mass is 35.5. The molecular formula is C6H10ClN5. The molecule has 0 bridgehead atoms. The largest absolute Gasteiger partial charge is 0.357 e. The van der Waals surface area contributed by atoms with Crippen LogP contribution in [0.5, 0.6) is 0 Å². The van der Waals surface area contributed by atoms with E-state index in [1.807, 2.05) is 14.1 Å². The van der Waals surface area contributed by atoms with E-state index in [1.165, 1.54) is 0 Å². The highest BCUT2D eigenvalue weighted by Gasteiger charge is 2.04. The molecule has 0 aromatic carbocycles. The fraction of sp³-hybridized carbons (Fsp3) is 0.500. The maximum atomic E-state index is 5.64. The van der Waals surface area contributed by atoms with Gasteiger partial charge in [0.2, 0.25) is 17.2 Å². The number of hydrogen-bond donors (Lipinski definition) is 1. The third-order valence-corrected chi connectivity index (χ3v) is 1.39. The Morgan fingerprint density at radius 2 is 1.92 bits per heavy atom.